The van der Waals surface area contributed by atoms with Crippen LogP contribution in [-0.2, 0) is 11.2 Å². The highest BCUT2D eigenvalue weighted by molar-refractivity contribution is 5.70. The maximum absolute atomic E-state index is 10.5. The van der Waals surface area contributed by atoms with Crippen LogP contribution in [0.25, 0.3) is 5.52 Å². The molecule has 2 aromatic rings. The van der Waals surface area contributed by atoms with E-state index in [0.29, 0.717) is 11.5 Å². The highest BCUT2D eigenvalue weighted by Crippen LogP contribution is 2.11. The fraction of sp³-hybridized carbons (Fsp3) is 0.111. The van der Waals surface area contributed by atoms with Crippen molar-refractivity contribution in [2.24, 2.45) is 0 Å². The number of carboxylic acids is 1. The van der Waals surface area contributed by atoms with E-state index in [2.05, 4.69) is 4.98 Å². The van der Waals surface area contributed by atoms with Crippen LogP contribution in [0.4, 0.5) is 5.69 Å². The van der Waals surface area contributed by atoms with E-state index < -0.39 is 5.97 Å². The van der Waals surface area contributed by atoms with Crippen LogP contribution < -0.4 is 5.73 Å². The van der Waals surface area contributed by atoms with Crippen molar-refractivity contribution in [3.8, 4) is 0 Å². The predicted octanol–water partition coefficient (Wildman–Crippen LogP) is 0.544. The summed E-state index contributed by atoms with van der Waals surface area (Å²) < 4.78 is 1.71. The van der Waals surface area contributed by atoms with Gasteiger partial charge in [-0.25, -0.2) is 4.98 Å². The number of hydrogen-bond donors (Lipinski definition) is 2. The third-order valence-corrected chi connectivity index (χ3v) is 1.94. The van der Waals surface area contributed by atoms with Crippen LogP contribution >= 0.6 is 0 Å². The first-order chi connectivity index (χ1) is 6.66. The summed E-state index contributed by atoms with van der Waals surface area (Å²) in [6, 6.07) is 3.46. The van der Waals surface area contributed by atoms with Crippen molar-refractivity contribution in [3.63, 3.8) is 0 Å². The van der Waals surface area contributed by atoms with Gasteiger partial charge in [0, 0.05) is 11.9 Å². The van der Waals surface area contributed by atoms with Crippen LogP contribution in [0.5, 0.6) is 0 Å². The van der Waals surface area contributed by atoms with E-state index in [1.165, 1.54) is 0 Å². The van der Waals surface area contributed by atoms with Crippen molar-refractivity contribution in [1.82, 2.24) is 9.38 Å². The first-order valence-electron chi connectivity index (χ1n) is 4.10. The second kappa shape index (κ2) is 3.02. The van der Waals surface area contributed by atoms with Gasteiger partial charge < -0.3 is 15.2 Å². The highest BCUT2D eigenvalue weighted by Gasteiger charge is 2.07. The molecule has 2 heterocycles. The number of nitrogen functional groups attached to an aromatic ring is 1. The van der Waals surface area contributed by atoms with Crippen LogP contribution in [0.2, 0.25) is 0 Å². The standard InChI is InChI=1S/C9H9N3O2/c10-6-1-2-12-7(3-6)5-11-8(12)4-9(13)14/h1-3,5H,4,10H2,(H,13,14). The van der Waals surface area contributed by atoms with Gasteiger partial charge in [0.1, 0.15) is 12.2 Å². The topological polar surface area (TPSA) is 80.6 Å². The van der Waals surface area contributed by atoms with Gasteiger partial charge in [-0.05, 0) is 12.1 Å². The van der Waals surface area contributed by atoms with Gasteiger partial charge in [-0.1, -0.05) is 0 Å². The molecule has 5 nitrogen and oxygen atoms in total. The summed E-state index contributed by atoms with van der Waals surface area (Å²) in [6.45, 7) is 0. The number of pyridine rings is 1. The number of anilines is 1. The van der Waals surface area contributed by atoms with Gasteiger partial charge in [0.2, 0.25) is 0 Å². The molecule has 0 saturated heterocycles. The number of nitrogens with zero attached hydrogens (tertiary/aromatic N) is 2. The van der Waals surface area contributed by atoms with Crippen molar-refractivity contribution < 1.29 is 9.90 Å². The third-order valence-electron chi connectivity index (χ3n) is 1.94. The molecule has 0 aromatic carbocycles. The van der Waals surface area contributed by atoms with Gasteiger partial charge in [0.05, 0.1) is 11.7 Å². The fourth-order valence-corrected chi connectivity index (χ4v) is 1.34. The minimum Gasteiger partial charge on any atom is -0.481 e. The summed E-state index contributed by atoms with van der Waals surface area (Å²) in [5.41, 5.74) is 7.02. The Morgan fingerprint density at radius 3 is 3.14 bits per heavy atom. The molecule has 0 aliphatic rings. The Labute approximate surface area is 79.8 Å². The second-order valence-electron chi connectivity index (χ2n) is 3.00. The molecule has 14 heavy (non-hydrogen) atoms. The number of rotatable bonds is 2. The van der Waals surface area contributed by atoms with Crippen LogP contribution in [0.1, 0.15) is 5.82 Å². The quantitative estimate of drug-likeness (QED) is 0.726. The Morgan fingerprint density at radius 1 is 1.64 bits per heavy atom. The van der Waals surface area contributed by atoms with Gasteiger partial charge in [-0.2, -0.15) is 0 Å². The summed E-state index contributed by atoms with van der Waals surface area (Å²) in [5.74, 6) is -0.387. The molecular formula is C9H9N3O2. The Balaban J connectivity index is 2.52. The van der Waals surface area contributed by atoms with Crippen LogP contribution in [0.3, 0.4) is 0 Å². The second-order valence-corrected chi connectivity index (χ2v) is 3.00. The van der Waals surface area contributed by atoms with E-state index in [1.54, 1.807) is 28.9 Å². The number of carbonyl (C=O) groups is 1. The SMILES string of the molecule is Nc1ccn2c(CC(=O)O)ncc2c1. The molecule has 0 spiro atoms. The molecule has 0 aliphatic carbocycles. The molecule has 0 saturated carbocycles. The molecule has 0 aliphatic heterocycles. The average Bonchev–Trinajstić information content (AvgIpc) is 2.47. The van der Waals surface area contributed by atoms with E-state index >= 15 is 0 Å². The molecule has 0 fully saturated rings. The summed E-state index contributed by atoms with van der Waals surface area (Å²) in [5, 5.41) is 8.62. The monoisotopic (exact) mass is 191 g/mol. The first kappa shape index (κ1) is 8.55. The number of imidazole rings is 1. The number of aliphatic carboxylic acids is 1. The minimum absolute atomic E-state index is 0.0852. The predicted molar refractivity (Wildman–Crippen MR) is 50.9 cm³/mol. The summed E-state index contributed by atoms with van der Waals surface area (Å²) >= 11 is 0. The number of aromatic nitrogens is 2. The van der Waals surface area contributed by atoms with Gasteiger partial charge in [-0.15, -0.1) is 0 Å². The molecule has 2 rings (SSSR count). The maximum Gasteiger partial charge on any atom is 0.311 e. The number of carboxylic acid groups (broad SMARTS) is 1. The van der Waals surface area contributed by atoms with Crippen molar-refractivity contribution in [3.05, 3.63) is 30.4 Å². The lowest BCUT2D eigenvalue weighted by Gasteiger charge is -1.98. The molecule has 0 radical (unpaired) electrons. The van der Waals surface area contributed by atoms with Crippen molar-refractivity contribution in [1.29, 1.82) is 0 Å². The molecule has 3 N–H and O–H groups in total. The highest BCUT2D eigenvalue weighted by atomic mass is 16.4. The lowest BCUT2D eigenvalue weighted by molar-refractivity contribution is -0.136. The zero-order chi connectivity index (χ0) is 10.1. The Morgan fingerprint density at radius 2 is 2.43 bits per heavy atom. The van der Waals surface area contributed by atoms with E-state index in [9.17, 15) is 4.79 Å². The molecule has 2 aromatic heterocycles. The largest absolute Gasteiger partial charge is 0.481 e. The van der Waals surface area contributed by atoms with Gasteiger partial charge in [0.15, 0.2) is 0 Å². The molecule has 5 heteroatoms. The first-order valence-corrected chi connectivity index (χ1v) is 4.10. The van der Waals surface area contributed by atoms with Crippen molar-refractivity contribution in [2.75, 3.05) is 5.73 Å². The third kappa shape index (κ3) is 1.39. The molecule has 0 unspecified atom stereocenters. The van der Waals surface area contributed by atoms with Crippen LogP contribution in [0, 0.1) is 0 Å². The molecule has 0 amide bonds. The smallest absolute Gasteiger partial charge is 0.311 e. The number of fused-ring (bicyclic) bond motifs is 1. The zero-order valence-corrected chi connectivity index (χ0v) is 7.34. The van der Waals surface area contributed by atoms with Gasteiger partial charge >= 0.3 is 5.97 Å². The Hall–Kier alpha value is -2.04. The minimum atomic E-state index is -0.894. The lowest BCUT2D eigenvalue weighted by Crippen LogP contribution is -2.04. The van der Waals surface area contributed by atoms with Crippen LogP contribution in [0.15, 0.2) is 24.5 Å². The average molecular weight is 191 g/mol. The normalized spacial score (nSPS) is 10.6. The maximum atomic E-state index is 10.5. The van der Waals surface area contributed by atoms with Crippen molar-refractivity contribution >= 4 is 17.2 Å². The van der Waals surface area contributed by atoms with Crippen LogP contribution in [-0.4, -0.2) is 20.5 Å². The lowest BCUT2D eigenvalue weighted by atomic mass is 10.3. The summed E-state index contributed by atoms with van der Waals surface area (Å²) in [6.07, 6.45) is 3.24. The molecular weight excluding hydrogens is 182 g/mol. The Kier molecular flexibility index (Phi) is 1.85. The van der Waals surface area contributed by atoms with E-state index in [1.807, 2.05) is 0 Å². The van der Waals surface area contributed by atoms with E-state index in [0.717, 1.165) is 5.52 Å². The molecule has 0 bridgehead atoms. The number of hydrogen-bond acceptors (Lipinski definition) is 3. The number of nitrogens with two attached hydrogens (primary N) is 1. The summed E-state index contributed by atoms with van der Waals surface area (Å²) in [4.78, 5) is 14.5. The van der Waals surface area contributed by atoms with Crippen molar-refractivity contribution in [2.45, 2.75) is 6.42 Å². The van der Waals surface area contributed by atoms with E-state index in [-0.39, 0.29) is 6.42 Å². The van der Waals surface area contributed by atoms with Gasteiger partial charge in [-0.3, -0.25) is 4.79 Å². The Bertz CT molecular complexity index is 490. The zero-order valence-electron chi connectivity index (χ0n) is 7.34. The molecule has 0 atom stereocenters. The fourth-order valence-electron chi connectivity index (χ4n) is 1.34. The molecule has 72 valence electrons. The van der Waals surface area contributed by atoms with E-state index in [4.69, 9.17) is 10.8 Å². The summed E-state index contributed by atoms with van der Waals surface area (Å²) in [7, 11) is 0. The van der Waals surface area contributed by atoms with Gasteiger partial charge in [0.25, 0.3) is 0 Å².